The van der Waals surface area contributed by atoms with Gasteiger partial charge in [-0.05, 0) is 6.42 Å². The lowest BCUT2D eigenvalue weighted by atomic mass is 9.71. The summed E-state index contributed by atoms with van der Waals surface area (Å²) in [4.78, 5) is -0.855. The van der Waals surface area contributed by atoms with Crippen molar-refractivity contribution in [1.82, 2.24) is 4.98 Å². The first kappa shape index (κ1) is 59.5. The average molecular weight is 1040 g/mol. The van der Waals surface area contributed by atoms with Gasteiger partial charge in [-0.25, -0.2) is 0 Å². The summed E-state index contributed by atoms with van der Waals surface area (Å²) in [5.74, 6) is -154. The summed E-state index contributed by atoms with van der Waals surface area (Å²) < 4.78 is 524. The maximum absolute atomic E-state index is 15.2. The van der Waals surface area contributed by atoms with Gasteiger partial charge in [0.2, 0.25) is 0 Å². The summed E-state index contributed by atoms with van der Waals surface area (Å²) in [6.45, 7) is -0.352. The molecule has 0 atom stereocenters. The summed E-state index contributed by atoms with van der Waals surface area (Å²) >= 11 is 0. The van der Waals surface area contributed by atoms with Crippen LogP contribution >= 0.6 is 0 Å². The van der Waals surface area contributed by atoms with Crippen molar-refractivity contribution < 1.29 is 167 Å². The Bertz CT molecular complexity index is 1480. The number of hydrogen-bond donors (Lipinski definition) is 1. The molecule has 0 spiro atoms. The molecule has 0 rings (SSSR count). The second kappa shape index (κ2) is 14.8. The van der Waals surface area contributed by atoms with Crippen molar-refractivity contribution in [2.24, 2.45) is 0 Å². The van der Waals surface area contributed by atoms with Gasteiger partial charge in [-0.1, -0.05) is 13.3 Å². The van der Waals surface area contributed by atoms with Crippen LogP contribution in [0.3, 0.4) is 0 Å². The number of halogens is 38. The molecular formula is C22H8F38NSi. The van der Waals surface area contributed by atoms with Crippen molar-refractivity contribution >= 4 is 10.4 Å². The average Bonchev–Trinajstić information content (AvgIpc) is 3.04. The Hall–Kier alpha value is -2.48. The normalized spacial score (nSPS) is 17.2. The summed E-state index contributed by atoms with van der Waals surface area (Å²) in [6.07, 6.45) is -23.3. The molecule has 1 N–H and O–H groups in total. The van der Waals surface area contributed by atoms with E-state index in [1.807, 2.05) is 0 Å². The fourth-order valence-electron chi connectivity index (χ4n) is 4.36. The number of hydrogen-bond acceptors (Lipinski definition) is 1. The van der Waals surface area contributed by atoms with E-state index in [0.717, 1.165) is 0 Å². The summed E-state index contributed by atoms with van der Waals surface area (Å²) in [5.41, 5.74) is -7.80. The zero-order chi connectivity index (χ0) is 51.6. The maximum Gasteiger partial charge on any atom is 0.460 e. The van der Waals surface area contributed by atoms with Crippen LogP contribution in [0.4, 0.5) is 167 Å². The van der Waals surface area contributed by atoms with Gasteiger partial charge in [-0.2, -0.15) is 167 Å². The Morgan fingerprint density at radius 1 is 0.242 bits per heavy atom. The second-order valence-electron chi connectivity index (χ2n) is 12.0. The van der Waals surface area contributed by atoms with Gasteiger partial charge in [-0.3, -0.25) is 0 Å². The van der Waals surface area contributed by atoms with Crippen LogP contribution in [0.2, 0.25) is 0 Å². The number of rotatable bonds is 19. The predicted molar refractivity (Wildman–Crippen MR) is 118 cm³/mol. The minimum absolute atomic E-state index is 0.352. The van der Waals surface area contributed by atoms with E-state index in [1.54, 1.807) is 0 Å². The Labute approximate surface area is 315 Å². The molecule has 0 heterocycles. The smallest absolute Gasteiger partial charge is 0.325 e. The lowest BCUT2D eigenvalue weighted by Crippen LogP contribution is -2.84. The van der Waals surface area contributed by atoms with Crippen molar-refractivity contribution in [3.63, 3.8) is 0 Å². The van der Waals surface area contributed by atoms with Gasteiger partial charge in [0.1, 0.15) is 10.4 Å². The summed E-state index contributed by atoms with van der Waals surface area (Å²) in [5, 5.41) is 0. The molecule has 0 aromatic heterocycles. The third-order valence-electron chi connectivity index (χ3n) is 8.14. The van der Waals surface area contributed by atoms with Crippen LogP contribution in [0, 0.1) is 0 Å². The van der Waals surface area contributed by atoms with E-state index in [4.69, 9.17) is 0 Å². The van der Waals surface area contributed by atoms with E-state index in [0.29, 0.717) is 10.4 Å². The molecule has 371 valence electrons. The fraction of sp³-hybridized carbons (Fsp3) is 1.00. The summed E-state index contributed by atoms with van der Waals surface area (Å²) in [7, 11) is 0.654. The highest BCUT2D eigenvalue weighted by Crippen LogP contribution is 2.70. The SMILES string of the molecule is CCCC(N[Si])(C(F)(F)C(F)(F)C(F)(F)C(F)(F)C(F)(F)C(F)(F)C(F)(F)C(F)(F)C(F)(F)F)C(F)(F)C(F)(F)C(F)(F)C(F)(F)C(F)(F)C(F)(F)C(F)(F)C(F)(F)C(F)(F)F. The van der Waals surface area contributed by atoms with Crippen molar-refractivity contribution in [3.8, 4) is 0 Å². The third-order valence-corrected chi connectivity index (χ3v) is 8.57. The Balaban J connectivity index is 8.37. The minimum atomic E-state index is -10.0. The quantitative estimate of drug-likeness (QED) is 0.100. The fourth-order valence-corrected chi connectivity index (χ4v) is 4.80. The molecule has 0 bridgehead atoms. The molecule has 1 nitrogen and oxygen atoms in total. The van der Waals surface area contributed by atoms with Gasteiger partial charge in [0.25, 0.3) is 0 Å². The van der Waals surface area contributed by atoms with Crippen LogP contribution < -0.4 is 4.98 Å². The topological polar surface area (TPSA) is 12.0 Å². The molecule has 0 saturated carbocycles. The first-order valence-electron chi connectivity index (χ1n) is 13.7. The number of nitrogens with one attached hydrogen (secondary N) is 1. The van der Waals surface area contributed by atoms with Crippen LogP contribution in [0.5, 0.6) is 0 Å². The first-order chi connectivity index (χ1) is 26.1. The minimum Gasteiger partial charge on any atom is -0.325 e. The van der Waals surface area contributed by atoms with Crippen LogP contribution in [-0.2, 0) is 0 Å². The molecule has 0 aliphatic carbocycles. The van der Waals surface area contributed by atoms with Crippen molar-refractivity contribution in [2.45, 2.75) is 132 Å². The molecule has 0 aromatic rings. The Morgan fingerprint density at radius 3 is 0.484 bits per heavy atom. The molecule has 0 unspecified atom stereocenters. The van der Waals surface area contributed by atoms with Crippen molar-refractivity contribution in [1.29, 1.82) is 0 Å². The maximum atomic E-state index is 15.2. The molecule has 0 amide bonds. The van der Waals surface area contributed by atoms with Crippen LogP contribution in [0.15, 0.2) is 0 Å². The van der Waals surface area contributed by atoms with E-state index in [2.05, 4.69) is 0 Å². The molecule has 0 aromatic carbocycles. The standard InChI is InChI=1S/C22H8F38NSi/c1-2-3-4(61-62,5(23,24)7(27,28)9(31,32)11(35,36)13(39,40)15(43,44)17(47,48)19(51,52)21(55,56)57)6(25,26)8(29,30)10(33,34)12(37,38)14(41,42)16(45,46)18(49,50)20(53,54)22(58,59)60/h61H,2-3H2,1H3. The van der Waals surface area contributed by atoms with Gasteiger partial charge in [0, 0.05) is 0 Å². The van der Waals surface area contributed by atoms with Crippen LogP contribution in [-0.4, -0.2) is 123 Å². The van der Waals surface area contributed by atoms with E-state index < -0.39 is 130 Å². The molecular weight excluding hydrogens is 1030 g/mol. The highest BCUT2D eigenvalue weighted by atomic mass is 28.2. The third kappa shape index (κ3) is 6.63. The van der Waals surface area contributed by atoms with Crippen molar-refractivity contribution in [3.05, 3.63) is 0 Å². The molecule has 0 aliphatic heterocycles. The molecule has 40 heteroatoms. The van der Waals surface area contributed by atoms with Gasteiger partial charge in [0.05, 0.1) is 0 Å². The molecule has 62 heavy (non-hydrogen) atoms. The Morgan fingerprint density at radius 2 is 0.371 bits per heavy atom. The first-order valence-corrected chi connectivity index (χ1v) is 14.2. The molecule has 0 aliphatic rings. The zero-order valence-electron chi connectivity index (χ0n) is 27.3. The lowest BCUT2D eigenvalue weighted by Gasteiger charge is -2.53. The Kier molecular flexibility index (Phi) is 14.2. The van der Waals surface area contributed by atoms with Crippen molar-refractivity contribution in [2.75, 3.05) is 0 Å². The van der Waals surface area contributed by atoms with E-state index in [1.165, 1.54) is 0 Å². The van der Waals surface area contributed by atoms with Crippen LogP contribution in [0.1, 0.15) is 19.8 Å². The van der Waals surface area contributed by atoms with E-state index in [9.17, 15) is 149 Å². The largest absolute Gasteiger partial charge is 0.460 e. The zero-order valence-corrected chi connectivity index (χ0v) is 28.3. The second-order valence-corrected chi connectivity index (χ2v) is 12.2. The highest BCUT2D eigenvalue weighted by molar-refractivity contribution is 6.05. The molecule has 0 fully saturated rings. The number of alkyl halides is 38. The van der Waals surface area contributed by atoms with E-state index >= 15 is 17.6 Å². The van der Waals surface area contributed by atoms with E-state index in [-0.39, 0.29) is 6.92 Å². The van der Waals surface area contributed by atoms with Gasteiger partial charge in [0.15, 0.2) is 5.54 Å². The van der Waals surface area contributed by atoms with Crippen LogP contribution in [0.25, 0.3) is 0 Å². The van der Waals surface area contributed by atoms with Gasteiger partial charge >= 0.3 is 107 Å². The monoisotopic (exact) mass is 1040 g/mol. The molecule has 0 saturated heterocycles. The van der Waals surface area contributed by atoms with Gasteiger partial charge < -0.3 is 4.98 Å². The van der Waals surface area contributed by atoms with Gasteiger partial charge in [-0.15, -0.1) is 0 Å². The summed E-state index contributed by atoms with van der Waals surface area (Å²) in [6, 6.07) is 0. The predicted octanol–water partition coefficient (Wildman–Crippen LogP) is 12.5. The lowest BCUT2D eigenvalue weighted by molar-refractivity contribution is -0.481. The highest BCUT2D eigenvalue weighted by Gasteiger charge is 3.01. The molecule has 3 radical (unpaired) electrons.